The van der Waals surface area contributed by atoms with Gasteiger partial charge in [0.15, 0.2) is 0 Å². The van der Waals surface area contributed by atoms with Gasteiger partial charge in [-0.3, -0.25) is 4.98 Å². The summed E-state index contributed by atoms with van der Waals surface area (Å²) in [5, 5.41) is 0. The average molecular weight is 502 g/mol. The maximum Gasteiger partial charge on any atom is 0.123 e. The van der Waals surface area contributed by atoms with E-state index in [1.54, 1.807) is 0 Å². The lowest BCUT2D eigenvalue weighted by molar-refractivity contribution is 0.0565. The summed E-state index contributed by atoms with van der Waals surface area (Å²) in [5.74, 6) is 0.799. The van der Waals surface area contributed by atoms with Crippen molar-refractivity contribution in [1.29, 1.82) is 0 Å². The Morgan fingerprint density at radius 2 is 1.42 bits per heavy atom. The van der Waals surface area contributed by atoms with E-state index in [0.717, 1.165) is 54.0 Å². The summed E-state index contributed by atoms with van der Waals surface area (Å²) in [7, 11) is 0. The van der Waals surface area contributed by atoms with Gasteiger partial charge >= 0.3 is 0 Å². The number of aromatic nitrogens is 3. The molecule has 38 heavy (non-hydrogen) atoms. The number of nitrogens with zero attached hydrogens (tertiary/aromatic N) is 3. The van der Waals surface area contributed by atoms with E-state index in [0.29, 0.717) is 6.61 Å². The molecule has 0 saturated heterocycles. The van der Waals surface area contributed by atoms with Crippen LogP contribution in [0.5, 0.6) is 0 Å². The van der Waals surface area contributed by atoms with Crippen LogP contribution in [0.3, 0.4) is 0 Å². The number of aryl methyl sites for hydroxylation is 3. The van der Waals surface area contributed by atoms with E-state index in [1.807, 2.05) is 36.7 Å². The Morgan fingerprint density at radius 3 is 2.11 bits per heavy atom. The number of rotatable bonds is 5. The number of hydrogen-bond donors (Lipinski definition) is 0. The summed E-state index contributed by atoms with van der Waals surface area (Å²) < 4.78 is 22.9. The van der Waals surface area contributed by atoms with Crippen molar-refractivity contribution in [3.63, 3.8) is 0 Å². The molecule has 7 rings (SSSR count). The molecule has 0 amide bonds. The van der Waals surface area contributed by atoms with Gasteiger partial charge in [0, 0.05) is 29.9 Å². The molecule has 0 fully saturated rings. The molecule has 5 heteroatoms. The van der Waals surface area contributed by atoms with E-state index in [2.05, 4.69) is 58.1 Å². The number of fused-ring (bicyclic) bond motifs is 3. The highest BCUT2D eigenvalue weighted by Gasteiger charge is 2.32. The van der Waals surface area contributed by atoms with Crippen molar-refractivity contribution >= 4 is 0 Å². The minimum Gasteiger partial charge on any atom is -0.367 e. The number of pyridine rings is 1. The van der Waals surface area contributed by atoms with Gasteiger partial charge in [-0.2, -0.15) is 0 Å². The van der Waals surface area contributed by atoms with Crippen molar-refractivity contribution in [3.8, 4) is 22.5 Å². The standard InChI is InChI=1S/C33H28FN3O/c34-26-13-11-24(12-14-26)31-32(25-17-19-35-20-18-25)37-27(15-16-30(37)36-31)21-38-33-28-7-3-1-5-22(28)9-10-23-6-2-4-8-29(23)33/h1-8,11-14,17-20,27,33H,9-10,15-16,21H2/t27-/m0/s1. The van der Waals surface area contributed by atoms with Crippen molar-refractivity contribution in [2.45, 2.75) is 37.8 Å². The predicted molar refractivity (Wildman–Crippen MR) is 146 cm³/mol. The highest BCUT2D eigenvalue weighted by molar-refractivity contribution is 5.79. The maximum atomic E-state index is 13.7. The molecule has 0 spiro atoms. The molecule has 1 aliphatic carbocycles. The van der Waals surface area contributed by atoms with Crippen LogP contribution in [0, 0.1) is 5.82 Å². The summed E-state index contributed by atoms with van der Waals surface area (Å²) in [4.78, 5) is 9.29. The van der Waals surface area contributed by atoms with Crippen LogP contribution in [0.1, 0.15) is 46.6 Å². The number of halogens is 1. The van der Waals surface area contributed by atoms with Crippen molar-refractivity contribution in [3.05, 3.63) is 131 Å². The van der Waals surface area contributed by atoms with Gasteiger partial charge < -0.3 is 9.30 Å². The van der Waals surface area contributed by atoms with Gasteiger partial charge in [-0.25, -0.2) is 9.37 Å². The molecule has 0 N–H and O–H groups in total. The Kier molecular flexibility index (Phi) is 5.86. The molecule has 0 saturated carbocycles. The van der Waals surface area contributed by atoms with Crippen molar-refractivity contribution in [2.24, 2.45) is 0 Å². The Morgan fingerprint density at radius 1 is 0.763 bits per heavy atom. The van der Waals surface area contributed by atoms with Gasteiger partial charge in [0.25, 0.3) is 0 Å². The number of ether oxygens (including phenoxy) is 1. The molecule has 4 nitrogen and oxygen atoms in total. The molecular weight excluding hydrogens is 473 g/mol. The highest BCUT2D eigenvalue weighted by Crippen LogP contribution is 2.41. The molecule has 0 unspecified atom stereocenters. The Labute approximate surface area is 221 Å². The van der Waals surface area contributed by atoms with Crippen LogP contribution >= 0.6 is 0 Å². The third-order valence-corrected chi connectivity index (χ3v) is 7.92. The van der Waals surface area contributed by atoms with Crippen LogP contribution in [-0.4, -0.2) is 21.1 Å². The molecule has 5 aromatic rings. The molecule has 0 radical (unpaired) electrons. The Balaban J connectivity index is 1.27. The zero-order valence-corrected chi connectivity index (χ0v) is 21.1. The maximum absolute atomic E-state index is 13.7. The van der Waals surface area contributed by atoms with E-state index in [9.17, 15) is 4.39 Å². The summed E-state index contributed by atoms with van der Waals surface area (Å²) in [6.45, 7) is 0.581. The lowest BCUT2D eigenvalue weighted by Gasteiger charge is -2.24. The number of hydrogen-bond acceptors (Lipinski definition) is 3. The molecule has 1 aliphatic heterocycles. The molecular formula is C33H28FN3O. The largest absolute Gasteiger partial charge is 0.367 e. The third kappa shape index (κ3) is 4.04. The topological polar surface area (TPSA) is 39.9 Å². The molecule has 0 bridgehead atoms. The molecule has 1 atom stereocenters. The van der Waals surface area contributed by atoms with Gasteiger partial charge in [0.1, 0.15) is 17.7 Å². The van der Waals surface area contributed by atoms with E-state index in [-0.39, 0.29) is 18.0 Å². The Bertz CT molecular complexity index is 1550. The molecule has 2 aromatic heterocycles. The minimum atomic E-state index is -0.249. The first-order valence-electron chi connectivity index (χ1n) is 13.3. The van der Waals surface area contributed by atoms with Crippen molar-refractivity contribution < 1.29 is 9.13 Å². The van der Waals surface area contributed by atoms with E-state index in [1.165, 1.54) is 34.4 Å². The lowest BCUT2D eigenvalue weighted by Crippen LogP contribution is -2.17. The van der Waals surface area contributed by atoms with Crippen LogP contribution < -0.4 is 0 Å². The third-order valence-electron chi connectivity index (χ3n) is 7.92. The van der Waals surface area contributed by atoms with Gasteiger partial charge in [0.05, 0.1) is 24.0 Å². The lowest BCUT2D eigenvalue weighted by atomic mass is 9.97. The fraction of sp³-hybridized carbons (Fsp3) is 0.212. The second-order valence-corrected chi connectivity index (χ2v) is 10.1. The van der Waals surface area contributed by atoms with Gasteiger partial charge in [-0.05, 0) is 77.9 Å². The van der Waals surface area contributed by atoms with Crippen LogP contribution in [0.25, 0.3) is 22.5 Å². The fourth-order valence-corrected chi connectivity index (χ4v) is 6.09. The molecule has 188 valence electrons. The number of benzene rings is 3. The highest BCUT2D eigenvalue weighted by atomic mass is 19.1. The molecule has 2 aliphatic rings. The summed E-state index contributed by atoms with van der Waals surface area (Å²) >= 11 is 0. The fourth-order valence-electron chi connectivity index (χ4n) is 6.09. The summed E-state index contributed by atoms with van der Waals surface area (Å²) in [6.07, 6.45) is 7.42. The first-order chi connectivity index (χ1) is 18.8. The predicted octanol–water partition coefficient (Wildman–Crippen LogP) is 7.14. The molecule has 3 aromatic carbocycles. The zero-order chi connectivity index (χ0) is 25.5. The summed E-state index contributed by atoms with van der Waals surface area (Å²) in [6, 6.07) is 28.2. The average Bonchev–Trinajstić information content (AvgIpc) is 3.49. The zero-order valence-electron chi connectivity index (χ0n) is 21.1. The van der Waals surface area contributed by atoms with E-state index >= 15 is 0 Å². The van der Waals surface area contributed by atoms with Gasteiger partial charge in [-0.1, -0.05) is 48.5 Å². The Hall–Kier alpha value is -4.09. The van der Waals surface area contributed by atoms with E-state index in [4.69, 9.17) is 9.72 Å². The quantitative estimate of drug-likeness (QED) is 0.257. The van der Waals surface area contributed by atoms with Gasteiger partial charge in [-0.15, -0.1) is 0 Å². The van der Waals surface area contributed by atoms with Crippen LogP contribution in [0.15, 0.2) is 97.3 Å². The monoisotopic (exact) mass is 501 g/mol. The molecule has 3 heterocycles. The number of imidazole rings is 1. The van der Waals surface area contributed by atoms with Crippen molar-refractivity contribution in [2.75, 3.05) is 6.61 Å². The van der Waals surface area contributed by atoms with Crippen molar-refractivity contribution in [1.82, 2.24) is 14.5 Å². The first kappa shape index (κ1) is 23.1. The first-order valence-corrected chi connectivity index (χ1v) is 13.3. The van der Waals surface area contributed by atoms with E-state index < -0.39 is 0 Å². The van der Waals surface area contributed by atoms with Gasteiger partial charge in [0.2, 0.25) is 0 Å². The normalized spacial score (nSPS) is 16.5. The minimum absolute atomic E-state index is 0.0987. The SMILES string of the molecule is Fc1ccc(-c2nc3n(c2-c2ccncc2)[C@H](COC2c4ccccc4CCc4ccccc42)CC3)cc1. The van der Waals surface area contributed by atoms with Crippen LogP contribution in [-0.2, 0) is 24.0 Å². The smallest absolute Gasteiger partial charge is 0.123 e. The second kappa shape index (κ2) is 9.66. The summed E-state index contributed by atoms with van der Waals surface area (Å²) in [5.41, 5.74) is 9.13. The second-order valence-electron chi connectivity index (χ2n) is 10.1. The van der Waals surface area contributed by atoms with Crippen LogP contribution in [0.2, 0.25) is 0 Å². The van der Waals surface area contributed by atoms with Crippen LogP contribution in [0.4, 0.5) is 4.39 Å².